The van der Waals surface area contributed by atoms with E-state index in [4.69, 9.17) is 5.11 Å². The van der Waals surface area contributed by atoms with Gasteiger partial charge in [0, 0.05) is 6.54 Å². The van der Waals surface area contributed by atoms with Crippen LogP contribution in [0.25, 0.3) is 0 Å². The minimum Gasteiger partial charge on any atom is -0.478 e. The van der Waals surface area contributed by atoms with Crippen LogP contribution in [0.4, 0.5) is 13.2 Å². The molecular weight excluding hydrogens is 317 g/mol. The molecule has 23 heavy (non-hydrogen) atoms. The second-order valence-electron chi connectivity index (χ2n) is 4.86. The van der Waals surface area contributed by atoms with Gasteiger partial charge in [0.05, 0.1) is 24.8 Å². The number of aromatic carboxylic acids is 1. The molecule has 0 bridgehead atoms. The van der Waals surface area contributed by atoms with Crippen molar-refractivity contribution >= 4 is 5.97 Å². The number of aryl methyl sites for hydroxylation is 1. The highest BCUT2D eigenvalue weighted by Gasteiger charge is 2.33. The van der Waals surface area contributed by atoms with Crippen LogP contribution >= 0.6 is 0 Å². The number of carbonyl (C=O) groups is 1. The van der Waals surface area contributed by atoms with Gasteiger partial charge in [0.25, 0.3) is 0 Å². The summed E-state index contributed by atoms with van der Waals surface area (Å²) >= 11 is 0. The van der Waals surface area contributed by atoms with Gasteiger partial charge in [-0.15, -0.1) is 10.2 Å². The highest BCUT2D eigenvalue weighted by molar-refractivity contribution is 5.88. The smallest absolute Gasteiger partial charge is 0.433 e. The molecule has 0 aliphatic heterocycles. The summed E-state index contributed by atoms with van der Waals surface area (Å²) in [4.78, 5) is 17.4. The quantitative estimate of drug-likeness (QED) is 0.872. The molecule has 2 heterocycles. The first kappa shape index (κ1) is 16.8. The van der Waals surface area contributed by atoms with Crippen molar-refractivity contribution < 1.29 is 23.1 Å². The van der Waals surface area contributed by atoms with Gasteiger partial charge in [0.2, 0.25) is 0 Å². The van der Waals surface area contributed by atoms with Crippen molar-refractivity contribution in [3.63, 3.8) is 0 Å². The van der Waals surface area contributed by atoms with Gasteiger partial charge in [-0.1, -0.05) is 0 Å². The van der Waals surface area contributed by atoms with Gasteiger partial charge in [-0.2, -0.15) is 18.0 Å². The molecule has 1 N–H and O–H groups in total. The zero-order valence-electron chi connectivity index (χ0n) is 12.2. The molecule has 0 saturated carbocycles. The van der Waals surface area contributed by atoms with Gasteiger partial charge in [0.15, 0.2) is 5.82 Å². The van der Waals surface area contributed by atoms with Crippen LogP contribution in [0.15, 0.2) is 12.1 Å². The van der Waals surface area contributed by atoms with E-state index >= 15 is 0 Å². The summed E-state index contributed by atoms with van der Waals surface area (Å²) < 4.78 is 38.2. The molecule has 0 amide bonds. The number of hydrogen-bond acceptors (Lipinski definition) is 6. The maximum absolute atomic E-state index is 12.7. The molecular formula is C12H13F3N6O2. The third-order valence-electron chi connectivity index (χ3n) is 2.88. The zero-order valence-corrected chi connectivity index (χ0v) is 12.2. The predicted molar refractivity (Wildman–Crippen MR) is 70.2 cm³/mol. The number of carboxylic acids is 1. The normalized spacial score (nSPS) is 11.9. The number of alkyl halides is 3. The molecule has 2 aromatic rings. The number of tetrazole rings is 1. The van der Waals surface area contributed by atoms with E-state index in [1.165, 1.54) is 4.80 Å². The maximum atomic E-state index is 12.7. The van der Waals surface area contributed by atoms with E-state index in [0.717, 1.165) is 6.07 Å². The fraction of sp³-hybridized carbons (Fsp3) is 0.417. The zero-order chi connectivity index (χ0) is 17.2. The fourth-order valence-corrected chi connectivity index (χ4v) is 1.91. The summed E-state index contributed by atoms with van der Waals surface area (Å²) in [5.74, 6) is -0.980. The summed E-state index contributed by atoms with van der Waals surface area (Å²) in [6.45, 7) is 0.0780. The summed E-state index contributed by atoms with van der Waals surface area (Å²) in [6.07, 6.45) is -4.64. The molecule has 2 rings (SSSR count). The molecule has 124 valence electrons. The van der Waals surface area contributed by atoms with Gasteiger partial charge in [0.1, 0.15) is 5.69 Å². The highest BCUT2D eigenvalue weighted by Crippen LogP contribution is 2.28. The molecule has 0 aliphatic carbocycles. The standard InChI is InChI=1S/C12H13F3N6O2/c1-20(6-10-17-19-21(2)18-10)5-8-7(11(22)23)3-4-9(16-8)12(13,14)15/h3-4H,5-6H2,1-2H3,(H,22,23). The number of aromatic nitrogens is 5. The van der Waals surface area contributed by atoms with Crippen molar-refractivity contribution in [2.24, 2.45) is 7.05 Å². The summed E-state index contributed by atoms with van der Waals surface area (Å²) in [7, 11) is 3.16. The Morgan fingerprint density at radius 3 is 2.57 bits per heavy atom. The van der Waals surface area contributed by atoms with E-state index in [1.54, 1.807) is 19.0 Å². The fourth-order valence-electron chi connectivity index (χ4n) is 1.91. The van der Waals surface area contributed by atoms with Crippen LogP contribution in [-0.4, -0.2) is 48.2 Å². The topological polar surface area (TPSA) is 97.0 Å². The molecule has 0 atom stereocenters. The van der Waals surface area contributed by atoms with Crippen LogP contribution in [0.3, 0.4) is 0 Å². The Morgan fingerprint density at radius 1 is 1.35 bits per heavy atom. The minimum atomic E-state index is -4.64. The van der Waals surface area contributed by atoms with Crippen molar-refractivity contribution in [1.29, 1.82) is 0 Å². The molecule has 11 heteroatoms. The van der Waals surface area contributed by atoms with E-state index in [1.807, 2.05) is 0 Å². The number of hydrogen-bond donors (Lipinski definition) is 1. The number of halogens is 3. The molecule has 0 aliphatic rings. The van der Waals surface area contributed by atoms with Crippen LogP contribution in [0.1, 0.15) is 27.6 Å². The molecule has 0 aromatic carbocycles. The van der Waals surface area contributed by atoms with E-state index in [-0.39, 0.29) is 24.3 Å². The van der Waals surface area contributed by atoms with Gasteiger partial charge in [-0.05, 0) is 24.4 Å². The largest absolute Gasteiger partial charge is 0.478 e. The third kappa shape index (κ3) is 4.22. The van der Waals surface area contributed by atoms with Crippen molar-refractivity contribution in [1.82, 2.24) is 30.1 Å². The van der Waals surface area contributed by atoms with Gasteiger partial charge in [-0.25, -0.2) is 9.78 Å². The summed E-state index contributed by atoms with van der Waals surface area (Å²) in [5, 5.41) is 20.4. The second kappa shape index (κ2) is 6.28. The molecule has 0 radical (unpaired) electrons. The lowest BCUT2D eigenvalue weighted by molar-refractivity contribution is -0.141. The van der Waals surface area contributed by atoms with Crippen LogP contribution < -0.4 is 0 Å². The Hall–Kier alpha value is -2.56. The molecule has 0 spiro atoms. The van der Waals surface area contributed by atoms with Crippen molar-refractivity contribution in [3.05, 3.63) is 34.9 Å². The van der Waals surface area contributed by atoms with Crippen LogP contribution in [0.5, 0.6) is 0 Å². The van der Waals surface area contributed by atoms with Gasteiger partial charge in [-0.3, -0.25) is 4.90 Å². The molecule has 0 unspecified atom stereocenters. The monoisotopic (exact) mass is 330 g/mol. The first-order valence-electron chi connectivity index (χ1n) is 6.38. The molecule has 2 aromatic heterocycles. The van der Waals surface area contributed by atoms with Crippen LogP contribution in [0.2, 0.25) is 0 Å². The number of nitrogens with zero attached hydrogens (tertiary/aromatic N) is 6. The Bertz CT molecular complexity index is 715. The molecule has 8 nitrogen and oxygen atoms in total. The Morgan fingerprint density at radius 2 is 2.04 bits per heavy atom. The average Bonchev–Trinajstić information content (AvgIpc) is 2.82. The van der Waals surface area contributed by atoms with Crippen molar-refractivity contribution in [2.75, 3.05) is 7.05 Å². The Kier molecular flexibility index (Phi) is 4.59. The average molecular weight is 330 g/mol. The van der Waals surface area contributed by atoms with Crippen LogP contribution in [-0.2, 0) is 26.3 Å². The predicted octanol–water partition coefficient (Wildman–Crippen LogP) is 0.954. The minimum absolute atomic E-state index is 0.107. The Labute approximate surface area is 128 Å². The van der Waals surface area contributed by atoms with Crippen molar-refractivity contribution in [3.8, 4) is 0 Å². The van der Waals surface area contributed by atoms with Crippen LogP contribution in [0, 0.1) is 0 Å². The number of pyridine rings is 1. The van der Waals surface area contributed by atoms with E-state index in [2.05, 4.69) is 20.4 Å². The Balaban J connectivity index is 2.23. The molecule has 0 fully saturated rings. The number of rotatable bonds is 5. The third-order valence-corrected chi connectivity index (χ3v) is 2.88. The lowest BCUT2D eigenvalue weighted by atomic mass is 10.1. The maximum Gasteiger partial charge on any atom is 0.433 e. The van der Waals surface area contributed by atoms with Gasteiger partial charge < -0.3 is 5.11 Å². The van der Waals surface area contributed by atoms with E-state index in [0.29, 0.717) is 11.9 Å². The highest BCUT2D eigenvalue weighted by atomic mass is 19.4. The summed E-state index contributed by atoms with van der Waals surface area (Å²) in [5.41, 5.74) is -1.60. The van der Waals surface area contributed by atoms with E-state index < -0.39 is 17.8 Å². The first-order chi connectivity index (χ1) is 10.7. The summed E-state index contributed by atoms with van der Waals surface area (Å²) in [6, 6.07) is 1.55. The number of carboxylic acid groups (broad SMARTS) is 1. The first-order valence-corrected chi connectivity index (χ1v) is 6.38. The lowest BCUT2D eigenvalue weighted by Crippen LogP contribution is -2.22. The second-order valence-corrected chi connectivity index (χ2v) is 4.86. The van der Waals surface area contributed by atoms with Crippen molar-refractivity contribution in [2.45, 2.75) is 19.3 Å². The van der Waals surface area contributed by atoms with Gasteiger partial charge >= 0.3 is 12.1 Å². The molecule has 0 saturated heterocycles. The lowest BCUT2D eigenvalue weighted by Gasteiger charge is -2.16. The SMILES string of the molecule is CN(Cc1nnn(C)n1)Cc1nc(C(F)(F)F)ccc1C(=O)O. The van der Waals surface area contributed by atoms with E-state index in [9.17, 15) is 18.0 Å².